The van der Waals surface area contributed by atoms with Gasteiger partial charge in [0.15, 0.2) is 5.69 Å². The van der Waals surface area contributed by atoms with Crippen LogP contribution >= 0.6 is 11.6 Å². The van der Waals surface area contributed by atoms with Crippen molar-refractivity contribution in [3.63, 3.8) is 0 Å². The molecule has 0 radical (unpaired) electrons. The molecular formula is C63H38ClN3O2. The Hall–Kier alpha value is -8.82. The van der Waals surface area contributed by atoms with Crippen molar-refractivity contribution >= 4 is 51.4 Å². The number of hydrogen-bond donors (Lipinski definition) is 0. The van der Waals surface area contributed by atoms with Gasteiger partial charge in [-0.3, -0.25) is 0 Å². The van der Waals surface area contributed by atoms with E-state index in [9.17, 15) is 0 Å². The maximum Gasteiger partial charge on any atom is 0.194 e. The van der Waals surface area contributed by atoms with Crippen LogP contribution in [0.4, 0.5) is 39.8 Å². The van der Waals surface area contributed by atoms with Gasteiger partial charge in [-0.15, -0.1) is 0 Å². The first-order chi connectivity index (χ1) is 34.1. The Morgan fingerprint density at radius 2 is 0.638 bits per heavy atom. The molecule has 2 spiro atoms. The Morgan fingerprint density at radius 3 is 0.986 bits per heavy atom. The SMILES string of the molecule is [C-]#[N+]c1ccccc1-c1cc(N2c3ccccc3C3(c4ccccc4Oc4ccccc43)c3ccccc32)c(Cl)c(N2c3ccccc3C3(c4ccccc4Oc4ccccc43)c3ccccc32)c1. The summed E-state index contributed by atoms with van der Waals surface area (Å²) in [5.74, 6) is 3.29. The van der Waals surface area contributed by atoms with Crippen LogP contribution in [0, 0.1) is 6.57 Å². The van der Waals surface area contributed by atoms with Crippen LogP contribution in [0.2, 0.25) is 5.02 Å². The average Bonchev–Trinajstić information content (AvgIpc) is 3.41. The molecule has 0 amide bonds. The molecule has 0 saturated carbocycles. The Balaban J connectivity index is 1.08. The molecule has 324 valence electrons. The van der Waals surface area contributed by atoms with Gasteiger partial charge in [-0.2, -0.15) is 0 Å². The second-order valence-corrected chi connectivity index (χ2v) is 18.3. The Labute approximate surface area is 405 Å². The molecule has 0 saturated heterocycles. The molecule has 5 nitrogen and oxygen atoms in total. The highest BCUT2D eigenvalue weighted by atomic mass is 35.5. The van der Waals surface area contributed by atoms with Crippen molar-refractivity contribution in [1.82, 2.24) is 0 Å². The number of fused-ring (bicyclic) bond motifs is 16. The molecule has 4 aliphatic rings. The second-order valence-electron chi connectivity index (χ2n) is 17.9. The number of nitrogens with zero attached hydrogens (tertiary/aromatic N) is 3. The second kappa shape index (κ2) is 14.8. The van der Waals surface area contributed by atoms with Gasteiger partial charge in [0.1, 0.15) is 23.0 Å². The van der Waals surface area contributed by atoms with Crippen molar-refractivity contribution in [2.75, 3.05) is 9.80 Å². The molecule has 0 bridgehead atoms. The zero-order valence-corrected chi connectivity index (χ0v) is 37.7. The molecule has 69 heavy (non-hydrogen) atoms. The van der Waals surface area contributed by atoms with Crippen LogP contribution in [-0.4, -0.2) is 0 Å². The summed E-state index contributed by atoms with van der Waals surface area (Å²) in [4.78, 5) is 8.73. The van der Waals surface area contributed by atoms with Crippen molar-refractivity contribution in [3.05, 3.63) is 291 Å². The minimum Gasteiger partial charge on any atom is -0.457 e. The van der Waals surface area contributed by atoms with Crippen LogP contribution in [0.3, 0.4) is 0 Å². The average molecular weight is 904 g/mol. The summed E-state index contributed by atoms with van der Waals surface area (Å²) in [5, 5.41) is 0.556. The lowest BCUT2D eigenvalue weighted by Crippen LogP contribution is -2.40. The molecule has 0 fully saturated rings. The van der Waals surface area contributed by atoms with Crippen molar-refractivity contribution in [2.24, 2.45) is 0 Å². The summed E-state index contributed by atoms with van der Waals surface area (Å²) in [5.41, 5.74) is 15.0. The van der Waals surface area contributed by atoms with E-state index >= 15 is 0 Å². The lowest BCUT2D eigenvalue weighted by molar-refractivity contribution is 0.434. The first kappa shape index (κ1) is 39.4. The minimum atomic E-state index is -0.728. The zero-order chi connectivity index (χ0) is 45.8. The fraction of sp³-hybridized carbons (Fsp3) is 0.0317. The van der Waals surface area contributed by atoms with Gasteiger partial charge < -0.3 is 19.3 Å². The summed E-state index contributed by atoms with van der Waals surface area (Å²) in [6.45, 7) is 8.38. The molecular weight excluding hydrogens is 866 g/mol. The molecule has 0 aliphatic carbocycles. The van der Waals surface area contributed by atoms with Gasteiger partial charge in [0.05, 0.1) is 56.5 Å². The highest BCUT2D eigenvalue weighted by molar-refractivity contribution is 6.37. The Kier molecular flexibility index (Phi) is 8.47. The number of benzene rings is 10. The van der Waals surface area contributed by atoms with E-state index in [1.807, 2.05) is 48.5 Å². The maximum absolute atomic E-state index is 8.38. The lowest BCUT2D eigenvalue weighted by Gasteiger charge is -2.49. The standard InChI is InChI=1S/C63H38ClN3O2/c1-65-50-29-11-2-20-41(50)40-38-55(66-51-30-12-3-21-42(51)62(43-22-4-13-31-52(43)66)46-25-7-16-34-57(46)68-58-35-17-8-26-47(58)62)61(64)56(39-40)67-53-32-14-5-23-44(53)63(45-24-6-15-33-54(45)67)48-27-9-18-36-59(48)69-60-37-19-10-28-49(60)63/h2-39H. The van der Waals surface area contributed by atoms with Gasteiger partial charge in [0, 0.05) is 22.3 Å². The van der Waals surface area contributed by atoms with Gasteiger partial charge in [-0.05, 0) is 94.0 Å². The van der Waals surface area contributed by atoms with Gasteiger partial charge >= 0.3 is 0 Å². The van der Waals surface area contributed by atoms with E-state index in [0.717, 1.165) is 113 Å². The van der Waals surface area contributed by atoms with E-state index in [-0.39, 0.29) is 0 Å². The first-order valence-corrected chi connectivity index (χ1v) is 23.5. The van der Waals surface area contributed by atoms with Crippen LogP contribution in [0.5, 0.6) is 23.0 Å². The normalized spacial score (nSPS) is 14.6. The van der Waals surface area contributed by atoms with E-state index in [0.29, 0.717) is 10.7 Å². The highest BCUT2D eigenvalue weighted by Gasteiger charge is 2.53. The number of halogens is 1. The third kappa shape index (κ3) is 5.24. The Bertz CT molecular complexity index is 3430. The Morgan fingerprint density at radius 1 is 0.348 bits per heavy atom. The van der Waals surface area contributed by atoms with Crippen molar-refractivity contribution in [2.45, 2.75) is 10.8 Å². The molecule has 0 N–H and O–H groups in total. The molecule has 10 aromatic carbocycles. The van der Waals surface area contributed by atoms with E-state index in [1.165, 1.54) is 0 Å². The summed E-state index contributed by atoms with van der Waals surface area (Å²) in [6.07, 6.45) is 0. The summed E-state index contributed by atoms with van der Waals surface area (Å²) in [6, 6.07) is 80.7. The molecule has 14 rings (SSSR count). The quantitative estimate of drug-likeness (QED) is 0.165. The van der Waals surface area contributed by atoms with Crippen LogP contribution < -0.4 is 19.3 Å². The topological polar surface area (TPSA) is 29.3 Å². The van der Waals surface area contributed by atoms with Crippen molar-refractivity contribution in [3.8, 4) is 34.1 Å². The van der Waals surface area contributed by atoms with E-state index in [1.54, 1.807) is 0 Å². The molecule has 4 heterocycles. The van der Waals surface area contributed by atoms with Crippen molar-refractivity contribution in [1.29, 1.82) is 0 Å². The maximum atomic E-state index is 8.38. The molecule has 0 atom stereocenters. The van der Waals surface area contributed by atoms with Crippen LogP contribution in [0.15, 0.2) is 231 Å². The summed E-state index contributed by atoms with van der Waals surface area (Å²) < 4.78 is 13.4. The van der Waals surface area contributed by atoms with Crippen LogP contribution in [0.25, 0.3) is 16.0 Å². The predicted molar refractivity (Wildman–Crippen MR) is 276 cm³/mol. The van der Waals surface area contributed by atoms with E-state index in [4.69, 9.17) is 27.6 Å². The number of hydrogen-bond acceptors (Lipinski definition) is 4. The number of rotatable bonds is 3. The monoisotopic (exact) mass is 903 g/mol. The van der Waals surface area contributed by atoms with Crippen LogP contribution in [-0.2, 0) is 10.8 Å². The molecule has 4 aliphatic heterocycles. The van der Waals surface area contributed by atoms with Gasteiger partial charge in [0.2, 0.25) is 0 Å². The molecule has 0 aromatic heterocycles. The lowest BCUT2D eigenvalue weighted by atomic mass is 9.61. The molecule has 0 unspecified atom stereocenters. The highest BCUT2D eigenvalue weighted by Crippen LogP contribution is 2.66. The fourth-order valence-corrected chi connectivity index (χ4v) is 12.3. The van der Waals surface area contributed by atoms with E-state index < -0.39 is 10.8 Å². The minimum absolute atomic E-state index is 0.555. The van der Waals surface area contributed by atoms with E-state index in [2.05, 4.69) is 197 Å². The summed E-state index contributed by atoms with van der Waals surface area (Å²) >= 11 is 8.27. The third-order valence-corrected chi connectivity index (χ3v) is 15.0. The van der Waals surface area contributed by atoms with Gasteiger partial charge in [0.25, 0.3) is 0 Å². The predicted octanol–water partition coefficient (Wildman–Crippen LogP) is 17.1. The number of para-hydroxylation sites is 9. The van der Waals surface area contributed by atoms with Crippen LogP contribution in [0.1, 0.15) is 44.5 Å². The largest absolute Gasteiger partial charge is 0.457 e. The smallest absolute Gasteiger partial charge is 0.194 e. The molecule has 6 heteroatoms. The van der Waals surface area contributed by atoms with Crippen molar-refractivity contribution < 1.29 is 9.47 Å². The zero-order valence-electron chi connectivity index (χ0n) is 37.0. The van der Waals surface area contributed by atoms with Gasteiger partial charge in [-0.25, -0.2) is 4.85 Å². The summed E-state index contributed by atoms with van der Waals surface area (Å²) in [7, 11) is 0. The molecule has 10 aromatic rings. The number of ether oxygens (including phenoxy) is 2. The fourth-order valence-electron chi connectivity index (χ4n) is 12.1. The third-order valence-electron chi connectivity index (χ3n) is 14.7. The van der Waals surface area contributed by atoms with Gasteiger partial charge in [-0.1, -0.05) is 181 Å². The number of anilines is 6. The first-order valence-electron chi connectivity index (χ1n) is 23.1.